The van der Waals surface area contributed by atoms with E-state index in [2.05, 4.69) is 10.1 Å². The van der Waals surface area contributed by atoms with Gasteiger partial charge in [0, 0.05) is 0 Å². The van der Waals surface area contributed by atoms with E-state index in [1.54, 1.807) is 13.0 Å². The SMILES string of the molecule is CCc1cccc(C)c1S(=O)(=O)n1cncn1. The highest BCUT2D eigenvalue weighted by molar-refractivity contribution is 7.90. The number of hydrogen-bond donors (Lipinski definition) is 0. The third-order valence-corrected chi connectivity index (χ3v) is 4.36. The zero-order valence-electron chi connectivity index (χ0n) is 9.66. The van der Waals surface area contributed by atoms with Gasteiger partial charge in [0.1, 0.15) is 12.7 Å². The standard InChI is InChI=1S/C11H13N3O2S/c1-3-10-6-4-5-9(2)11(10)17(15,16)14-8-12-7-13-14/h4-8H,3H2,1-2H3. The number of aryl methyl sites for hydroxylation is 2. The molecule has 0 aliphatic rings. The van der Waals surface area contributed by atoms with Gasteiger partial charge in [-0.05, 0) is 24.5 Å². The van der Waals surface area contributed by atoms with Gasteiger partial charge in [-0.2, -0.15) is 8.42 Å². The quantitative estimate of drug-likeness (QED) is 0.826. The van der Waals surface area contributed by atoms with E-state index in [1.807, 2.05) is 19.1 Å². The minimum absolute atomic E-state index is 0.327. The van der Waals surface area contributed by atoms with Crippen LogP contribution in [-0.2, 0) is 16.4 Å². The van der Waals surface area contributed by atoms with Crippen LogP contribution in [0.3, 0.4) is 0 Å². The maximum Gasteiger partial charge on any atom is 0.284 e. The van der Waals surface area contributed by atoms with Gasteiger partial charge in [-0.1, -0.05) is 25.1 Å². The molecule has 5 nitrogen and oxygen atoms in total. The van der Waals surface area contributed by atoms with E-state index in [1.165, 1.54) is 12.7 Å². The van der Waals surface area contributed by atoms with Crippen molar-refractivity contribution in [3.63, 3.8) is 0 Å². The molecular weight excluding hydrogens is 238 g/mol. The van der Waals surface area contributed by atoms with Crippen molar-refractivity contribution in [2.24, 2.45) is 0 Å². The van der Waals surface area contributed by atoms with Crippen LogP contribution in [0.15, 0.2) is 35.7 Å². The molecule has 6 heteroatoms. The zero-order chi connectivity index (χ0) is 12.5. The Bertz CT molecular complexity index is 618. The molecule has 0 bridgehead atoms. The molecule has 2 aromatic rings. The molecule has 1 heterocycles. The van der Waals surface area contributed by atoms with Crippen LogP contribution in [-0.4, -0.2) is 22.6 Å². The van der Waals surface area contributed by atoms with Gasteiger partial charge in [0.25, 0.3) is 10.0 Å². The highest BCUT2D eigenvalue weighted by Crippen LogP contribution is 2.22. The van der Waals surface area contributed by atoms with E-state index in [4.69, 9.17) is 0 Å². The van der Waals surface area contributed by atoms with Crippen LogP contribution < -0.4 is 0 Å². The van der Waals surface area contributed by atoms with Crippen molar-refractivity contribution in [2.45, 2.75) is 25.2 Å². The minimum atomic E-state index is -3.63. The lowest BCUT2D eigenvalue weighted by molar-refractivity contribution is 0.578. The number of rotatable bonds is 3. The van der Waals surface area contributed by atoms with Crippen molar-refractivity contribution < 1.29 is 8.42 Å². The fourth-order valence-corrected chi connectivity index (χ4v) is 3.33. The summed E-state index contributed by atoms with van der Waals surface area (Å²) in [6, 6.07) is 5.45. The molecule has 90 valence electrons. The van der Waals surface area contributed by atoms with Crippen LogP contribution in [0.5, 0.6) is 0 Å². The summed E-state index contributed by atoms with van der Waals surface area (Å²) >= 11 is 0. The Kier molecular flexibility index (Phi) is 2.97. The molecular formula is C11H13N3O2S. The molecule has 0 spiro atoms. The van der Waals surface area contributed by atoms with Crippen molar-refractivity contribution in [3.05, 3.63) is 42.0 Å². The topological polar surface area (TPSA) is 64.8 Å². The van der Waals surface area contributed by atoms with Crippen molar-refractivity contribution in [1.82, 2.24) is 14.2 Å². The second kappa shape index (κ2) is 4.29. The largest absolute Gasteiger partial charge is 0.284 e. The van der Waals surface area contributed by atoms with E-state index in [9.17, 15) is 8.42 Å². The number of aromatic nitrogens is 3. The maximum absolute atomic E-state index is 12.4. The van der Waals surface area contributed by atoms with E-state index in [0.29, 0.717) is 11.3 Å². The molecule has 0 aliphatic heterocycles. The third kappa shape index (κ3) is 1.95. The Morgan fingerprint density at radius 2 is 2.12 bits per heavy atom. The number of hydrogen-bond acceptors (Lipinski definition) is 4. The van der Waals surface area contributed by atoms with E-state index in [-0.39, 0.29) is 0 Å². The second-order valence-electron chi connectivity index (χ2n) is 3.69. The Labute approximate surface area is 100 Å². The third-order valence-electron chi connectivity index (χ3n) is 2.58. The van der Waals surface area contributed by atoms with Gasteiger partial charge in [0.15, 0.2) is 0 Å². The lowest BCUT2D eigenvalue weighted by Gasteiger charge is -2.11. The van der Waals surface area contributed by atoms with Crippen molar-refractivity contribution in [3.8, 4) is 0 Å². The average molecular weight is 251 g/mol. The average Bonchev–Trinajstić information content (AvgIpc) is 2.82. The first-order chi connectivity index (χ1) is 8.07. The van der Waals surface area contributed by atoms with Gasteiger partial charge >= 0.3 is 0 Å². The van der Waals surface area contributed by atoms with Crippen LogP contribution in [0.4, 0.5) is 0 Å². The summed E-state index contributed by atoms with van der Waals surface area (Å²) in [7, 11) is -3.63. The van der Waals surface area contributed by atoms with Crippen LogP contribution >= 0.6 is 0 Å². The van der Waals surface area contributed by atoms with Gasteiger partial charge < -0.3 is 0 Å². The van der Waals surface area contributed by atoms with Crippen LogP contribution in [0.25, 0.3) is 0 Å². The van der Waals surface area contributed by atoms with E-state index >= 15 is 0 Å². The molecule has 1 aromatic heterocycles. The molecule has 1 aromatic carbocycles. The molecule has 0 radical (unpaired) electrons. The maximum atomic E-state index is 12.4. The van der Waals surface area contributed by atoms with Crippen LogP contribution in [0.2, 0.25) is 0 Å². The first-order valence-electron chi connectivity index (χ1n) is 5.26. The summed E-state index contributed by atoms with van der Waals surface area (Å²) in [5.41, 5.74) is 1.51. The molecule has 2 rings (SSSR count). The van der Waals surface area contributed by atoms with Crippen molar-refractivity contribution >= 4 is 10.0 Å². The smallest absolute Gasteiger partial charge is 0.222 e. The Morgan fingerprint density at radius 3 is 2.71 bits per heavy atom. The zero-order valence-corrected chi connectivity index (χ0v) is 10.5. The summed E-state index contributed by atoms with van der Waals surface area (Å²) in [5, 5.41) is 3.70. The molecule has 0 saturated carbocycles. The lowest BCUT2D eigenvalue weighted by atomic mass is 10.1. The van der Waals surface area contributed by atoms with Crippen LogP contribution in [0.1, 0.15) is 18.1 Å². The molecule has 0 fully saturated rings. The first kappa shape index (κ1) is 11.8. The van der Waals surface area contributed by atoms with Gasteiger partial charge in [0.05, 0.1) is 4.90 Å². The monoisotopic (exact) mass is 251 g/mol. The molecule has 0 amide bonds. The second-order valence-corrected chi connectivity index (χ2v) is 5.42. The predicted molar refractivity (Wildman–Crippen MR) is 63.2 cm³/mol. The number of nitrogens with zero attached hydrogens (tertiary/aromatic N) is 3. The Morgan fingerprint density at radius 1 is 1.35 bits per heavy atom. The number of benzene rings is 1. The summed E-state index contributed by atoms with van der Waals surface area (Å²) in [5.74, 6) is 0. The predicted octanol–water partition coefficient (Wildman–Crippen LogP) is 1.39. The first-order valence-corrected chi connectivity index (χ1v) is 6.70. The summed E-state index contributed by atoms with van der Waals surface area (Å²) in [4.78, 5) is 4.00. The summed E-state index contributed by atoms with van der Waals surface area (Å²) in [6.45, 7) is 3.71. The molecule has 0 saturated heterocycles. The van der Waals surface area contributed by atoms with Crippen LogP contribution in [0, 0.1) is 6.92 Å². The van der Waals surface area contributed by atoms with Gasteiger partial charge in [-0.25, -0.2) is 4.98 Å². The fourth-order valence-electron chi connectivity index (χ4n) is 1.78. The molecule has 0 N–H and O–H groups in total. The highest BCUT2D eigenvalue weighted by atomic mass is 32.2. The van der Waals surface area contributed by atoms with Gasteiger partial charge in [-0.15, -0.1) is 9.19 Å². The van der Waals surface area contributed by atoms with E-state index in [0.717, 1.165) is 15.2 Å². The lowest BCUT2D eigenvalue weighted by Crippen LogP contribution is -2.16. The van der Waals surface area contributed by atoms with Crippen molar-refractivity contribution in [2.75, 3.05) is 0 Å². The fraction of sp³-hybridized carbons (Fsp3) is 0.273. The Hall–Kier alpha value is -1.69. The van der Waals surface area contributed by atoms with Gasteiger partial charge in [-0.3, -0.25) is 0 Å². The van der Waals surface area contributed by atoms with Gasteiger partial charge in [0.2, 0.25) is 0 Å². The molecule has 0 atom stereocenters. The highest BCUT2D eigenvalue weighted by Gasteiger charge is 2.22. The molecule has 0 unspecified atom stereocenters. The Balaban J connectivity index is 2.70. The summed E-state index contributed by atoms with van der Waals surface area (Å²) in [6.07, 6.45) is 3.06. The van der Waals surface area contributed by atoms with Crippen molar-refractivity contribution in [1.29, 1.82) is 0 Å². The van der Waals surface area contributed by atoms with E-state index < -0.39 is 10.0 Å². The summed E-state index contributed by atoms with van der Waals surface area (Å²) < 4.78 is 25.6. The molecule has 0 aliphatic carbocycles. The molecule has 17 heavy (non-hydrogen) atoms. The normalized spacial score (nSPS) is 11.6. The minimum Gasteiger partial charge on any atom is -0.222 e.